The predicted octanol–water partition coefficient (Wildman–Crippen LogP) is 4.70. The molecular weight excluding hydrogens is 384 g/mol. The number of nitrogens with zero attached hydrogens (tertiary/aromatic N) is 1. The van der Waals surface area contributed by atoms with E-state index in [1.165, 1.54) is 30.6 Å². The highest BCUT2D eigenvalue weighted by molar-refractivity contribution is 7.13. The maximum absolute atomic E-state index is 13.0. The first kappa shape index (κ1) is 18.8. The quantitative estimate of drug-likeness (QED) is 0.670. The van der Waals surface area contributed by atoms with Crippen LogP contribution in [0, 0.1) is 23.2 Å². The molecule has 0 spiro atoms. The van der Waals surface area contributed by atoms with Crippen molar-refractivity contribution in [3.05, 3.63) is 47.0 Å². The normalized spacial score (nSPS) is 29.6. The molecule has 0 unspecified atom stereocenters. The molecule has 4 saturated carbocycles. The minimum absolute atomic E-state index is 0.116. The SMILES string of the molecule is O=C(OCC(=O)C12CC3CC(CC(C3)C1)C2)c1csc(NCc2ccccc2)n1. The van der Waals surface area contributed by atoms with E-state index in [2.05, 4.69) is 10.3 Å². The Morgan fingerprint density at radius 1 is 1.07 bits per heavy atom. The number of rotatable bonds is 7. The first-order valence-corrected chi connectivity index (χ1v) is 11.4. The fourth-order valence-corrected chi connectivity index (χ4v) is 6.71. The van der Waals surface area contributed by atoms with Gasteiger partial charge in [-0.2, -0.15) is 0 Å². The molecule has 4 bridgehead atoms. The lowest BCUT2D eigenvalue weighted by Gasteiger charge is -2.55. The second kappa shape index (κ2) is 7.56. The van der Waals surface area contributed by atoms with Crippen LogP contribution in [-0.2, 0) is 16.1 Å². The Labute approximate surface area is 174 Å². The maximum Gasteiger partial charge on any atom is 0.358 e. The van der Waals surface area contributed by atoms with Crippen LogP contribution in [0.1, 0.15) is 54.6 Å². The van der Waals surface area contributed by atoms with E-state index in [1.54, 1.807) is 5.38 Å². The molecule has 6 heteroatoms. The van der Waals surface area contributed by atoms with Gasteiger partial charge in [0.25, 0.3) is 0 Å². The lowest BCUT2D eigenvalue weighted by Crippen LogP contribution is -2.51. The van der Waals surface area contributed by atoms with Gasteiger partial charge in [0.05, 0.1) is 0 Å². The van der Waals surface area contributed by atoms with Gasteiger partial charge in [0.2, 0.25) is 0 Å². The Hall–Kier alpha value is -2.21. The number of thiazole rings is 1. The van der Waals surface area contributed by atoms with Gasteiger partial charge in [0, 0.05) is 17.3 Å². The Morgan fingerprint density at radius 2 is 1.72 bits per heavy atom. The van der Waals surface area contributed by atoms with Crippen LogP contribution in [0.4, 0.5) is 5.13 Å². The summed E-state index contributed by atoms with van der Waals surface area (Å²) < 4.78 is 5.38. The lowest BCUT2D eigenvalue weighted by molar-refractivity contribution is -0.147. The lowest BCUT2D eigenvalue weighted by atomic mass is 9.48. The molecule has 0 amide bonds. The largest absolute Gasteiger partial charge is 0.453 e. The maximum atomic E-state index is 13.0. The summed E-state index contributed by atoms with van der Waals surface area (Å²) in [6, 6.07) is 10.0. The Bertz CT molecular complexity index is 873. The van der Waals surface area contributed by atoms with Crippen LogP contribution in [0.5, 0.6) is 0 Å². The summed E-state index contributed by atoms with van der Waals surface area (Å²) in [5.41, 5.74) is 1.19. The first-order chi connectivity index (χ1) is 14.1. The van der Waals surface area contributed by atoms with E-state index >= 15 is 0 Å². The van der Waals surface area contributed by atoms with Gasteiger partial charge in [-0.05, 0) is 61.8 Å². The van der Waals surface area contributed by atoms with Gasteiger partial charge < -0.3 is 10.1 Å². The number of hydrogen-bond donors (Lipinski definition) is 1. The van der Waals surface area contributed by atoms with Crippen molar-refractivity contribution < 1.29 is 14.3 Å². The zero-order valence-electron chi connectivity index (χ0n) is 16.4. The van der Waals surface area contributed by atoms with Gasteiger partial charge in [-0.25, -0.2) is 9.78 Å². The van der Waals surface area contributed by atoms with Crippen LogP contribution in [-0.4, -0.2) is 23.3 Å². The molecule has 6 rings (SSSR count). The summed E-state index contributed by atoms with van der Waals surface area (Å²) in [5, 5.41) is 5.58. The van der Waals surface area contributed by atoms with Crippen molar-refractivity contribution in [2.24, 2.45) is 23.2 Å². The zero-order chi connectivity index (χ0) is 19.8. The Kier molecular flexibility index (Phi) is 4.90. The van der Waals surface area contributed by atoms with Crippen molar-refractivity contribution in [3.8, 4) is 0 Å². The van der Waals surface area contributed by atoms with E-state index in [4.69, 9.17) is 4.74 Å². The van der Waals surface area contributed by atoms with Crippen LogP contribution in [0.15, 0.2) is 35.7 Å². The van der Waals surface area contributed by atoms with Crippen molar-refractivity contribution in [2.75, 3.05) is 11.9 Å². The van der Waals surface area contributed by atoms with E-state index in [-0.39, 0.29) is 23.5 Å². The van der Waals surface area contributed by atoms with Crippen LogP contribution in [0.25, 0.3) is 0 Å². The summed E-state index contributed by atoms with van der Waals surface area (Å²) in [6.07, 6.45) is 6.89. The van der Waals surface area contributed by atoms with E-state index in [1.807, 2.05) is 30.3 Å². The fourth-order valence-electron chi connectivity index (χ4n) is 6.03. The molecule has 0 saturated heterocycles. The third kappa shape index (κ3) is 3.82. The van der Waals surface area contributed by atoms with Crippen molar-refractivity contribution in [1.29, 1.82) is 0 Å². The first-order valence-electron chi connectivity index (χ1n) is 10.5. The molecule has 1 N–H and O–H groups in total. The molecule has 0 atom stereocenters. The second-order valence-corrected chi connectivity index (χ2v) is 9.93. The average molecular weight is 411 g/mol. The number of ketones is 1. The van der Waals surface area contributed by atoms with E-state index in [0.717, 1.165) is 24.8 Å². The number of hydrogen-bond acceptors (Lipinski definition) is 6. The molecule has 152 valence electrons. The van der Waals surface area contributed by atoms with Gasteiger partial charge in [0.1, 0.15) is 0 Å². The summed E-state index contributed by atoms with van der Waals surface area (Å²) >= 11 is 1.37. The van der Waals surface area contributed by atoms with Crippen molar-refractivity contribution >= 4 is 28.2 Å². The Balaban J connectivity index is 1.15. The topological polar surface area (TPSA) is 68.3 Å². The molecule has 0 radical (unpaired) electrons. The molecule has 29 heavy (non-hydrogen) atoms. The number of carbonyl (C=O) groups is 2. The molecule has 4 aliphatic carbocycles. The minimum atomic E-state index is -0.507. The molecule has 1 heterocycles. The van der Waals surface area contributed by atoms with Crippen LogP contribution < -0.4 is 5.32 Å². The number of anilines is 1. The summed E-state index contributed by atoms with van der Waals surface area (Å²) in [6.45, 7) is 0.530. The van der Waals surface area contributed by atoms with Gasteiger partial charge >= 0.3 is 5.97 Å². The predicted molar refractivity (Wildman–Crippen MR) is 112 cm³/mol. The van der Waals surface area contributed by atoms with Crippen molar-refractivity contribution in [3.63, 3.8) is 0 Å². The Morgan fingerprint density at radius 3 is 2.38 bits per heavy atom. The summed E-state index contributed by atoms with van der Waals surface area (Å²) in [4.78, 5) is 29.7. The smallest absolute Gasteiger partial charge is 0.358 e. The standard InChI is InChI=1S/C23H26N2O3S/c26-20(23-9-16-6-17(10-23)8-18(7-16)11-23)13-28-21(27)19-14-29-22(25-19)24-12-15-4-2-1-3-5-15/h1-5,14,16-18H,6-13H2,(H,24,25). The molecule has 0 aliphatic heterocycles. The van der Waals surface area contributed by atoms with Gasteiger partial charge in [-0.1, -0.05) is 30.3 Å². The summed E-state index contributed by atoms with van der Waals surface area (Å²) in [7, 11) is 0. The third-order valence-electron chi connectivity index (χ3n) is 6.96. The third-order valence-corrected chi connectivity index (χ3v) is 7.76. The fraction of sp³-hybridized carbons (Fsp3) is 0.522. The summed E-state index contributed by atoms with van der Waals surface area (Å²) in [5.74, 6) is 1.74. The van der Waals surface area contributed by atoms with Gasteiger partial charge in [-0.3, -0.25) is 4.79 Å². The van der Waals surface area contributed by atoms with E-state index < -0.39 is 5.97 Å². The van der Waals surface area contributed by atoms with Crippen LogP contribution in [0.3, 0.4) is 0 Å². The molecule has 4 fully saturated rings. The van der Waals surface area contributed by atoms with Gasteiger partial charge in [0.15, 0.2) is 23.2 Å². The van der Waals surface area contributed by atoms with Crippen molar-refractivity contribution in [2.45, 2.75) is 45.1 Å². The number of Topliss-reactive ketones (excluding diaryl/α,β-unsaturated/α-hetero) is 1. The highest BCUT2D eigenvalue weighted by atomic mass is 32.1. The molecular formula is C23H26N2O3S. The number of benzene rings is 1. The monoisotopic (exact) mass is 410 g/mol. The number of nitrogens with one attached hydrogen (secondary N) is 1. The highest BCUT2D eigenvalue weighted by Gasteiger charge is 2.54. The van der Waals surface area contributed by atoms with Gasteiger partial charge in [-0.15, -0.1) is 11.3 Å². The number of esters is 1. The number of aromatic nitrogens is 1. The minimum Gasteiger partial charge on any atom is -0.453 e. The molecule has 4 aliphatic rings. The molecule has 5 nitrogen and oxygen atoms in total. The van der Waals surface area contributed by atoms with E-state index in [0.29, 0.717) is 29.4 Å². The van der Waals surface area contributed by atoms with Crippen LogP contribution >= 0.6 is 11.3 Å². The molecule has 2 aromatic rings. The second-order valence-electron chi connectivity index (χ2n) is 9.07. The average Bonchev–Trinajstić information content (AvgIpc) is 3.19. The van der Waals surface area contributed by atoms with E-state index in [9.17, 15) is 9.59 Å². The van der Waals surface area contributed by atoms with Crippen molar-refractivity contribution in [1.82, 2.24) is 4.98 Å². The molecule has 1 aromatic carbocycles. The highest BCUT2D eigenvalue weighted by Crippen LogP contribution is 2.60. The zero-order valence-corrected chi connectivity index (χ0v) is 17.2. The van der Waals surface area contributed by atoms with Crippen LogP contribution in [0.2, 0.25) is 0 Å². The molecule has 1 aromatic heterocycles. The number of ether oxygens (including phenoxy) is 1. The number of carbonyl (C=O) groups excluding carboxylic acids is 2.